The molecule has 11 heteroatoms. The molecule has 31 heavy (non-hydrogen) atoms. The lowest BCUT2D eigenvalue weighted by Gasteiger charge is -2.29. The molecule has 1 atom stereocenters. The van der Waals surface area contributed by atoms with Crippen molar-refractivity contribution in [2.75, 3.05) is 13.1 Å². The number of hydrogen-bond donors (Lipinski definition) is 1. The highest BCUT2D eigenvalue weighted by molar-refractivity contribution is 5.97. The van der Waals surface area contributed by atoms with E-state index in [-0.39, 0.29) is 24.3 Å². The third kappa shape index (κ3) is 6.24. The highest BCUT2D eigenvalue weighted by Gasteiger charge is 2.31. The Morgan fingerprint density at radius 3 is 2.55 bits per heavy atom. The first-order valence-corrected chi connectivity index (χ1v) is 9.48. The fourth-order valence-electron chi connectivity index (χ4n) is 2.72. The molecule has 1 amide bonds. The molecule has 0 aliphatic heterocycles. The zero-order chi connectivity index (χ0) is 23.0. The van der Waals surface area contributed by atoms with Gasteiger partial charge in [-0.2, -0.15) is 28.2 Å². The van der Waals surface area contributed by atoms with Crippen LogP contribution in [0, 0.1) is 0 Å². The molecule has 1 aromatic heterocycles. The summed E-state index contributed by atoms with van der Waals surface area (Å²) in [4.78, 5) is 23.2. The van der Waals surface area contributed by atoms with E-state index in [4.69, 9.17) is 0 Å². The lowest BCUT2D eigenvalue weighted by molar-refractivity contribution is -0.0591. The van der Waals surface area contributed by atoms with Gasteiger partial charge >= 0.3 is 6.18 Å². The Labute approximate surface area is 178 Å². The van der Waals surface area contributed by atoms with Gasteiger partial charge in [-0.3, -0.25) is 9.79 Å². The molecule has 0 aliphatic rings. The number of carbonyl (C=O) groups excluding carboxylic acids is 1. The summed E-state index contributed by atoms with van der Waals surface area (Å²) < 4.78 is 37.7. The summed E-state index contributed by atoms with van der Waals surface area (Å²) in [6.45, 7) is 8.49. The first-order valence-electron chi connectivity index (χ1n) is 9.48. The summed E-state index contributed by atoms with van der Waals surface area (Å²) in [7, 11) is 0. The molecule has 0 radical (unpaired) electrons. The van der Waals surface area contributed by atoms with Crippen molar-refractivity contribution in [3.8, 4) is 5.69 Å². The van der Waals surface area contributed by atoms with Gasteiger partial charge in [0.15, 0.2) is 0 Å². The largest absolute Gasteiger partial charge is 0.429 e. The molecule has 1 N–H and O–H groups in total. The van der Waals surface area contributed by atoms with Crippen LogP contribution in [0.5, 0.6) is 0 Å². The van der Waals surface area contributed by atoms with Gasteiger partial charge in [-0.15, -0.1) is 0 Å². The highest BCUT2D eigenvalue weighted by Crippen LogP contribution is 2.18. The van der Waals surface area contributed by atoms with Crippen LogP contribution in [-0.2, 0) is 0 Å². The predicted octanol–water partition coefficient (Wildman–Crippen LogP) is 3.23. The molecule has 0 bridgehead atoms. The standard InChI is InChI=1S/C20H24F3N7O/c1-5-29(14(2)12-26-18(24-4)13-25-15(3)20(21,22)23)19(31)16-8-6-7-9-17(16)30-27-10-11-28-30/h6-11,13-14,26H,4-5,12H2,1-3H3/b18-13+,25-15+/t14-/m0/s1. The Bertz CT molecular complexity index is 952. The molecule has 0 fully saturated rings. The maximum Gasteiger partial charge on any atom is 0.429 e. The van der Waals surface area contributed by atoms with E-state index in [1.165, 1.54) is 17.2 Å². The SMILES string of the molecule is C=N/C(=C\N=C(/C)C(F)(F)F)NC[C@H](C)N(CC)C(=O)c1ccccc1-n1nccn1. The van der Waals surface area contributed by atoms with Gasteiger partial charge in [0.2, 0.25) is 0 Å². The summed E-state index contributed by atoms with van der Waals surface area (Å²) in [6, 6.07) is 6.66. The monoisotopic (exact) mass is 435 g/mol. The van der Waals surface area contributed by atoms with Crippen molar-refractivity contribution in [1.29, 1.82) is 0 Å². The van der Waals surface area contributed by atoms with Gasteiger partial charge in [0, 0.05) is 19.1 Å². The van der Waals surface area contributed by atoms with Crippen molar-refractivity contribution in [2.45, 2.75) is 33.0 Å². The Morgan fingerprint density at radius 2 is 1.97 bits per heavy atom. The third-order valence-corrected chi connectivity index (χ3v) is 4.44. The number of alkyl halides is 3. The van der Waals surface area contributed by atoms with E-state index >= 15 is 0 Å². The van der Waals surface area contributed by atoms with Crippen LogP contribution >= 0.6 is 0 Å². The van der Waals surface area contributed by atoms with E-state index in [0.717, 1.165) is 13.1 Å². The van der Waals surface area contributed by atoms with Crippen LogP contribution in [-0.4, -0.2) is 63.5 Å². The van der Waals surface area contributed by atoms with E-state index in [2.05, 4.69) is 32.2 Å². The predicted molar refractivity (Wildman–Crippen MR) is 112 cm³/mol. The number of aromatic nitrogens is 3. The number of nitrogens with zero attached hydrogens (tertiary/aromatic N) is 6. The number of rotatable bonds is 9. The number of para-hydroxylation sites is 1. The fraction of sp³-hybridized carbons (Fsp3) is 0.350. The van der Waals surface area contributed by atoms with E-state index in [0.29, 0.717) is 17.8 Å². The molecule has 0 saturated heterocycles. The second-order valence-corrected chi connectivity index (χ2v) is 6.54. The Morgan fingerprint density at radius 1 is 1.32 bits per heavy atom. The van der Waals surface area contributed by atoms with Crippen LogP contribution in [0.4, 0.5) is 13.2 Å². The van der Waals surface area contributed by atoms with Crippen molar-refractivity contribution in [1.82, 2.24) is 25.2 Å². The minimum Gasteiger partial charge on any atom is -0.367 e. The summed E-state index contributed by atoms with van der Waals surface area (Å²) >= 11 is 0. The molecule has 1 aromatic carbocycles. The average Bonchev–Trinajstić information content (AvgIpc) is 3.28. The van der Waals surface area contributed by atoms with Gasteiger partial charge in [0.25, 0.3) is 5.91 Å². The maximum atomic E-state index is 13.2. The van der Waals surface area contributed by atoms with Gasteiger partial charge in [0.05, 0.1) is 29.8 Å². The van der Waals surface area contributed by atoms with Crippen LogP contribution in [0.1, 0.15) is 31.1 Å². The second kappa shape index (κ2) is 10.5. The molecule has 2 aromatic rings. The molecular weight excluding hydrogens is 411 g/mol. The number of likely N-dealkylation sites (N-methyl/N-ethyl adjacent to an activating group) is 1. The topological polar surface area (TPSA) is 87.8 Å². The number of nitrogens with one attached hydrogen (secondary N) is 1. The smallest absolute Gasteiger partial charge is 0.367 e. The first-order chi connectivity index (χ1) is 14.7. The maximum absolute atomic E-state index is 13.2. The van der Waals surface area contributed by atoms with Crippen LogP contribution in [0.25, 0.3) is 5.69 Å². The number of hydrogen-bond acceptors (Lipinski definition) is 6. The van der Waals surface area contributed by atoms with Crippen LogP contribution in [0.2, 0.25) is 0 Å². The second-order valence-electron chi connectivity index (χ2n) is 6.54. The molecule has 0 saturated carbocycles. The van der Waals surface area contributed by atoms with E-state index in [9.17, 15) is 18.0 Å². The molecule has 166 valence electrons. The Hall–Kier alpha value is -3.50. The summed E-state index contributed by atoms with van der Waals surface area (Å²) in [5.41, 5.74) is -0.0328. The lowest BCUT2D eigenvalue weighted by atomic mass is 10.1. The van der Waals surface area contributed by atoms with Gasteiger partial charge < -0.3 is 10.2 Å². The molecule has 2 rings (SSSR count). The quantitative estimate of drug-likeness (QED) is 0.613. The van der Waals surface area contributed by atoms with Crippen molar-refractivity contribution in [2.24, 2.45) is 9.98 Å². The Balaban J connectivity index is 2.15. The Kier molecular flexibility index (Phi) is 8.06. The summed E-state index contributed by atoms with van der Waals surface area (Å²) in [5, 5.41) is 11.0. The normalized spacial score (nSPS) is 13.6. The number of halogens is 3. The van der Waals surface area contributed by atoms with Gasteiger partial charge in [-0.05, 0) is 39.6 Å². The average molecular weight is 435 g/mol. The van der Waals surface area contributed by atoms with Crippen LogP contribution in [0.15, 0.2) is 58.7 Å². The molecule has 1 heterocycles. The van der Waals surface area contributed by atoms with E-state index in [1.807, 2.05) is 13.8 Å². The summed E-state index contributed by atoms with van der Waals surface area (Å²) in [5.74, 6) is -0.159. The third-order valence-electron chi connectivity index (χ3n) is 4.44. The van der Waals surface area contributed by atoms with E-state index in [1.54, 1.807) is 29.2 Å². The minimum absolute atomic E-state index is 0.0695. The van der Waals surface area contributed by atoms with Gasteiger partial charge in [-0.1, -0.05) is 12.1 Å². The van der Waals surface area contributed by atoms with Crippen molar-refractivity contribution in [3.63, 3.8) is 0 Å². The van der Waals surface area contributed by atoms with Crippen LogP contribution < -0.4 is 5.32 Å². The zero-order valence-electron chi connectivity index (χ0n) is 17.5. The molecular formula is C20H24F3N7O. The molecule has 0 aliphatic carbocycles. The van der Waals surface area contributed by atoms with Gasteiger partial charge in [0.1, 0.15) is 11.5 Å². The molecule has 0 spiro atoms. The van der Waals surface area contributed by atoms with Crippen molar-refractivity contribution in [3.05, 3.63) is 54.2 Å². The van der Waals surface area contributed by atoms with Crippen LogP contribution in [0.3, 0.4) is 0 Å². The van der Waals surface area contributed by atoms with Gasteiger partial charge in [-0.25, -0.2) is 4.99 Å². The van der Waals surface area contributed by atoms with Crippen molar-refractivity contribution < 1.29 is 18.0 Å². The minimum atomic E-state index is -4.52. The van der Waals surface area contributed by atoms with Crippen molar-refractivity contribution >= 4 is 18.3 Å². The number of carbonyl (C=O) groups is 1. The number of benzene rings is 1. The first kappa shape index (κ1) is 23.8. The summed E-state index contributed by atoms with van der Waals surface area (Å²) in [6.07, 6.45) is -0.521. The zero-order valence-corrected chi connectivity index (χ0v) is 17.5. The molecule has 8 nitrogen and oxygen atoms in total. The number of amides is 1. The lowest BCUT2D eigenvalue weighted by Crippen LogP contribution is -2.44. The molecule has 0 unspecified atom stereocenters. The fourth-order valence-corrected chi connectivity index (χ4v) is 2.72. The van der Waals surface area contributed by atoms with E-state index < -0.39 is 11.9 Å². The number of aliphatic imine (C=N–C) groups is 2. The highest BCUT2D eigenvalue weighted by atomic mass is 19.4.